The van der Waals surface area contributed by atoms with E-state index in [9.17, 15) is 14.4 Å². The number of hydrogen-bond acceptors (Lipinski definition) is 12. The van der Waals surface area contributed by atoms with Crippen LogP contribution in [-0.4, -0.2) is 144 Å². The molecule has 7 heterocycles. The van der Waals surface area contributed by atoms with Crippen molar-refractivity contribution in [1.29, 1.82) is 0 Å². The van der Waals surface area contributed by atoms with Crippen molar-refractivity contribution in [2.45, 2.75) is 75.5 Å². The van der Waals surface area contributed by atoms with E-state index in [1.54, 1.807) is 25.2 Å². The summed E-state index contributed by atoms with van der Waals surface area (Å²) in [5, 5.41) is 6.65. The summed E-state index contributed by atoms with van der Waals surface area (Å²) in [6.07, 6.45) is 11.6. The van der Waals surface area contributed by atoms with Gasteiger partial charge in [0.2, 0.25) is 17.8 Å². The largest absolute Gasteiger partial charge is 0.373 e. The van der Waals surface area contributed by atoms with E-state index in [-0.39, 0.29) is 35.8 Å². The molecule has 59 heavy (non-hydrogen) atoms. The highest BCUT2D eigenvalue weighted by molar-refractivity contribution is 6.01. The number of carbonyl (C=O) groups is 3. The van der Waals surface area contributed by atoms with Crippen LogP contribution in [0.25, 0.3) is 11.0 Å². The molecule has 3 aromatic heterocycles. The molecule has 0 spiro atoms. The van der Waals surface area contributed by atoms with Crippen molar-refractivity contribution < 1.29 is 19.1 Å². The molecule has 4 saturated heterocycles. The zero-order valence-electron chi connectivity index (χ0n) is 34.4. The van der Waals surface area contributed by atoms with Crippen LogP contribution in [-0.2, 0) is 14.3 Å². The zero-order valence-corrected chi connectivity index (χ0v) is 34.4. The van der Waals surface area contributed by atoms with Gasteiger partial charge < -0.3 is 34.2 Å². The number of imide groups is 1. The fourth-order valence-electron chi connectivity index (χ4n) is 9.85. The molecule has 4 aromatic rings. The van der Waals surface area contributed by atoms with Gasteiger partial charge >= 0.3 is 0 Å². The van der Waals surface area contributed by atoms with Gasteiger partial charge in [-0.3, -0.25) is 24.6 Å². The number of fused-ring (bicyclic) bond motifs is 1. The van der Waals surface area contributed by atoms with Gasteiger partial charge in [-0.15, -0.1) is 0 Å². The van der Waals surface area contributed by atoms with Gasteiger partial charge in [-0.1, -0.05) is 25.0 Å². The molecule has 0 radical (unpaired) electrons. The lowest BCUT2D eigenvalue weighted by molar-refractivity contribution is -0.134. The lowest BCUT2D eigenvalue weighted by Gasteiger charge is -2.44. The van der Waals surface area contributed by atoms with Crippen molar-refractivity contribution >= 4 is 51.9 Å². The first-order valence-electron chi connectivity index (χ1n) is 21.6. The third-order valence-electron chi connectivity index (χ3n) is 13.1. The summed E-state index contributed by atoms with van der Waals surface area (Å²) in [4.78, 5) is 62.9. The summed E-state index contributed by atoms with van der Waals surface area (Å²) in [6, 6.07) is 15.2. The van der Waals surface area contributed by atoms with Gasteiger partial charge in [0.15, 0.2) is 0 Å². The number of likely N-dealkylation sites (tertiary alicyclic amines) is 1. The van der Waals surface area contributed by atoms with Crippen molar-refractivity contribution in [1.82, 2.24) is 39.5 Å². The maximum absolute atomic E-state index is 13.1. The number of piperidine rings is 2. The number of nitrogens with one attached hydrogen (secondary N) is 2. The Balaban J connectivity index is 0.732. The number of morpholine rings is 1. The molecular formula is C44H57N11O4. The average Bonchev–Trinajstić information content (AvgIpc) is 3.93. The van der Waals surface area contributed by atoms with Crippen LogP contribution in [0, 0.1) is 0 Å². The van der Waals surface area contributed by atoms with Gasteiger partial charge in [0, 0.05) is 95.7 Å². The standard InChI is InChI=1S/C44H57N11O4/c1-50(2)43(58)38-25-31-26-46-44(49-41(31)55(38)34-5-3-4-6-34)47-39-13-11-35(27-45-39)53-21-19-52(20-22-53)33-15-17-51(18-16-33)28-36-29-54(23-24-59-36)32-9-7-30(8-10-32)37-12-14-40(56)48-42(37)57/h7-11,13,25-27,33-34,36-37H,3-6,12,14-24,28-29H2,1-2H3,(H,48,56,57)(H,45,46,47,49)/t36-,37?/m0/s1. The minimum Gasteiger partial charge on any atom is -0.373 e. The van der Waals surface area contributed by atoms with Crippen molar-refractivity contribution in [3.05, 3.63) is 66.1 Å². The highest BCUT2D eigenvalue weighted by atomic mass is 16.5. The summed E-state index contributed by atoms with van der Waals surface area (Å²) in [5.41, 5.74) is 4.70. The molecule has 0 bridgehead atoms. The third kappa shape index (κ3) is 8.64. The number of nitrogens with zero attached hydrogens (tertiary/aromatic N) is 9. The number of amides is 3. The van der Waals surface area contributed by atoms with Gasteiger partial charge in [-0.05, 0) is 81.1 Å². The topological polar surface area (TPSA) is 144 Å². The van der Waals surface area contributed by atoms with Gasteiger partial charge in [0.25, 0.3) is 5.91 Å². The van der Waals surface area contributed by atoms with Crippen molar-refractivity contribution in [3.8, 4) is 0 Å². The normalized spacial score (nSPS) is 22.9. The van der Waals surface area contributed by atoms with Crippen LogP contribution in [0.15, 0.2) is 54.9 Å². The van der Waals surface area contributed by atoms with Crippen LogP contribution < -0.4 is 20.4 Å². The second kappa shape index (κ2) is 17.2. The number of anilines is 4. The molecule has 2 atom stereocenters. The van der Waals surface area contributed by atoms with E-state index >= 15 is 0 Å². The predicted octanol–water partition coefficient (Wildman–Crippen LogP) is 4.40. The summed E-state index contributed by atoms with van der Waals surface area (Å²) >= 11 is 0. The third-order valence-corrected chi connectivity index (χ3v) is 13.1. The van der Waals surface area contributed by atoms with E-state index in [0.29, 0.717) is 43.0 Å². The quantitative estimate of drug-likeness (QED) is 0.220. The maximum Gasteiger partial charge on any atom is 0.270 e. The zero-order chi connectivity index (χ0) is 40.5. The Kier molecular flexibility index (Phi) is 11.5. The molecule has 15 nitrogen and oxygen atoms in total. The Morgan fingerprint density at radius 1 is 0.847 bits per heavy atom. The Hall–Kier alpha value is -5.12. The highest BCUT2D eigenvalue weighted by Gasteiger charge is 2.32. The SMILES string of the molecule is CN(C)C(=O)c1cc2cnc(Nc3ccc(N4CCN(C5CCN(C[C@H]6CN(c7ccc(C8CCC(=O)NC8=O)cc7)CCO6)CC5)CC4)cn3)nc2n1C1CCCC1. The predicted molar refractivity (Wildman–Crippen MR) is 227 cm³/mol. The number of ether oxygens (including phenoxy) is 1. The number of hydrogen-bond donors (Lipinski definition) is 2. The number of pyridine rings is 1. The Morgan fingerprint density at radius 3 is 2.32 bits per heavy atom. The maximum atomic E-state index is 13.1. The molecule has 1 aliphatic carbocycles. The monoisotopic (exact) mass is 803 g/mol. The van der Waals surface area contributed by atoms with Gasteiger partial charge in [0.1, 0.15) is 17.2 Å². The fourth-order valence-corrected chi connectivity index (χ4v) is 9.85. The van der Waals surface area contributed by atoms with Crippen LogP contribution in [0.2, 0.25) is 0 Å². The summed E-state index contributed by atoms with van der Waals surface area (Å²) in [7, 11) is 3.58. The van der Waals surface area contributed by atoms with Crippen LogP contribution in [0.1, 0.15) is 79.4 Å². The molecule has 4 aliphatic heterocycles. The lowest BCUT2D eigenvalue weighted by atomic mass is 9.90. The first kappa shape index (κ1) is 39.3. The Bertz CT molecular complexity index is 2120. The lowest BCUT2D eigenvalue weighted by Crippen LogP contribution is -2.54. The molecule has 1 unspecified atom stereocenters. The van der Waals surface area contributed by atoms with E-state index in [0.717, 1.165) is 113 Å². The molecule has 2 N–H and O–H groups in total. The first-order chi connectivity index (χ1) is 28.8. The second-order valence-electron chi connectivity index (χ2n) is 17.1. The van der Waals surface area contributed by atoms with Gasteiger partial charge in [-0.2, -0.15) is 4.98 Å². The number of aromatic nitrogens is 4. The van der Waals surface area contributed by atoms with Crippen LogP contribution in [0.5, 0.6) is 0 Å². The van der Waals surface area contributed by atoms with Crippen molar-refractivity contribution in [2.75, 3.05) is 94.7 Å². The van der Waals surface area contributed by atoms with Crippen molar-refractivity contribution in [2.24, 2.45) is 0 Å². The summed E-state index contributed by atoms with van der Waals surface area (Å²) in [5.74, 6) is 0.518. The molecule has 1 saturated carbocycles. The Labute approximate surface area is 346 Å². The molecule has 15 heteroatoms. The smallest absolute Gasteiger partial charge is 0.270 e. The van der Waals surface area contributed by atoms with E-state index < -0.39 is 0 Å². The highest BCUT2D eigenvalue weighted by Crippen LogP contribution is 2.35. The minimum atomic E-state index is -0.257. The van der Waals surface area contributed by atoms with E-state index in [2.05, 4.69) is 58.0 Å². The van der Waals surface area contributed by atoms with E-state index in [4.69, 9.17) is 14.7 Å². The van der Waals surface area contributed by atoms with E-state index in [1.807, 2.05) is 30.5 Å². The second-order valence-corrected chi connectivity index (χ2v) is 17.1. The molecule has 312 valence electrons. The average molecular weight is 804 g/mol. The summed E-state index contributed by atoms with van der Waals surface area (Å²) in [6.45, 7) is 9.55. The number of benzene rings is 1. The first-order valence-corrected chi connectivity index (χ1v) is 21.6. The van der Waals surface area contributed by atoms with Crippen molar-refractivity contribution in [3.63, 3.8) is 0 Å². The van der Waals surface area contributed by atoms with Crippen LogP contribution >= 0.6 is 0 Å². The van der Waals surface area contributed by atoms with E-state index in [1.165, 1.54) is 12.8 Å². The number of piperazine rings is 1. The molecular weight excluding hydrogens is 747 g/mol. The molecule has 3 amide bonds. The number of carbonyl (C=O) groups excluding carboxylic acids is 3. The van der Waals surface area contributed by atoms with Crippen LogP contribution in [0.4, 0.5) is 23.1 Å². The minimum absolute atomic E-state index is 0.0158. The molecule has 9 rings (SSSR count). The molecule has 5 fully saturated rings. The molecule has 5 aliphatic rings. The van der Waals surface area contributed by atoms with Gasteiger partial charge in [-0.25, -0.2) is 9.97 Å². The molecule has 1 aromatic carbocycles. The summed E-state index contributed by atoms with van der Waals surface area (Å²) < 4.78 is 8.38. The Morgan fingerprint density at radius 2 is 1.61 bits per heavy atom. The van der Waals surface area contributed by atoms with Gasteiger partial charge in [0.05, 0.1) is 30.5 Å². The fraction of sp³-hybridized carbons (Fsp3) is 0.545. The number of rotatable bonds is 10. The van der Waals surface area contributed by atoms with Crippen LogP contribution in [0.3, 0.4) is 0 Å².